The first-order valence-electron chi connectivity index (χ1n) is 3.87. The highest BCUT2D eigenvalue weighted by molar-refractivity contribution is 5.25. The van der Waals surface area contributed by atoms with Crippen molar-refractivity contribution >= 4 is 0 Å². The van der Waals surface area contributed by atoms with Crippen molar-refractivity contribution in [3.05, 3.63) is 21.6 Å². The fourth-order valence-electron chi connectivity index (χ4n) is 1.78. The molecule has 0 saturated carbocycles. The standard InChI is InChI=1S/C8H12N2O/c1-8(2)3-5-6(4-8)9-10-7(5)11/h3-4H2,1-2H3,(H2,9,10,11). The van der Waals surface area contributed by atoms with Gasteiger partial charge in [0, 0.05) is 11.3 Å². The van der Waals surface area contributed by atoms with Gasteiger partial charge in [-0.2, -0.15) is 0 Å². The first kappa shape index (κ1) is 6.70. The highest BCUT2D eigenvalue weighted by Crippen LogP contribution is 2.32. The summed E-state index contributed by atoms with van der Waals surface area (Å²) in [4.78, 5) is 11.1. The summed E-state index contributed by atoms with van der Waals surface area (Å²) >= 11 is 0. The normalized spacial score (nSPS) is 20.2. The lowest BCUT2D eigenvalue weighted by atomic mass is 9.91. The first-order chi connectivity index (χ1) is 5.08. The average molecular weight is 152 g/mol. The topological polar surface area (TPSA) is 48.6 Å². The summed E-state index contributed by atoms with van der Waals surface area (Å²) in [5.41, 5.74) is 2.38. The van der Waals surface area contributed by atoms with Gasteiger partial charge in [-0.1, -0.05) is 13.8 Å². The van der Waals surface area contributed by atoms with Crippen LogP contribution >= 0.6 is 0 Å². The fourth-order valence-corrected chi connectivity index (χ4v) is 1.78. The molecule has 0 atom stereocenters. The molecule has 1 aliphatic rings. The van der Waals surface area contributed by atoms with Gasteiger partial charge in [0.05, 0.1) is 0 Å². The minimum absolute atomic E-state index is 0.0607. The number of fused-ring (bicyclic) bond motifs is 1. The molecule has 0 bridgehead atoms. The molecule has 1 aliphatic carbocycles. The predicted molar refractivity (Wildman–Crippen MR) is 42.6 cm³/mol. The molecule has 0 aliphatic heterocycles. The molecule has 0 spiro atoms. The van der Waals surface area contributed by atoms with Crippen LogP contribution in [0.5, 0.6) is 0 Å². The van der Waals surface area contributed by atoms with E-state index >= 15 is 0 Å². The molecule has 3 nitrogen and oxygen atoms in total. The maximum Gasteiger partial charge on any atom is 0.267 e. The summed E-state index contributed by atoms with van der Waals surface area (Å²) in [7, 11) is 0. The van der Waals surface area contributed by atoms with Crippen molar-refractivity contribution in [2.24, 2.45) is 5.41 Å². The molecular formula is C8H12N2O. The van der Waals surface area contributed by atoms with E-state index in [9.17, 15) is 4.79 Å². The summed E-state index contributed by atoms with van der Waals surface area (Å²) in [5, 5.41) is 5.50. The molecule has 60 valence electrons. The van der Waals surface area contributed by atoms with Crippen molar-refractivity contribution in [1.82, 2.24) is 10.2 Å². The van der Waals surface area contributed by atoms with Gasteiger partial charge in [-0.05, 0) is 18.3 Å². The lowest BCUT2D eigenvalue weighted by Gasteiger charge is -2.14. The van der Waals surface area contributed by atoms with E-state index in [2.05, 4.69) is 24.0 Å². The number of H-pyrrole nitrogens is 2. The molecule has 0 aromatic carbocycles. The van der Waals surface area contributed by atoms with Gasteiger partial charge in [0.25, 0.3) is 5.56 Å². The van der Waals surface area contributed by atoms with Crippen molar-refractivity contribution in [2.45, 2.75) is 26.7 Å². The number of hydrogen-bond acceptors (Lipinski definition) is 1. The lowest BCUT2D eigenvalue weighted by molar-refractivity contribution is 0.387. The van der Waals surface area contributed by atoms with Crippen LogP contribution < -0.4 is 5.56 Å². The first-order valence-corrected chi connectivity index (χ1v) is 3.87. The third-order valence-corrected chi connectivity index (χ3v) is 2.28. The average Bonchev–Trinajstić information content (AvgIpc) is 2.31. The van der Waals surface area contributed by atoms with E-state index in [0.717, 1.165) is 24.1 Å². The van der Waals surface area contributed by atoms with Gasteiger partial charge in [0.2, 0.25) is 0 Å². The Bertz CT molecular complexity index is 332. The van der Waals surface area contributed by atoms with Crippen LogP contribution in [0.2, 0.25) is 0 Å². The Morgan fingerprint density at radius 2 is 2.00 bits per heavy atom. The van der Waals surface area contributed by atoms with E-state index in [0.29, 0.717) is 0 Å². The van der Waals surface area contributed by atoms with E-state index in [1.165, 1.54) is 0 Å². The Kier molecular flexibility index (Phi) is 1.09. The number of aromatic nitrogens is 2. The van der Waals surface area contributed by atoms with Gasteiger partial charge in [0.15, 0.2) is 0 Å². The summed E-state index contributed by atoms with van der Waals surface area (Å²) < 4.78 is 0. The lowest BCUT2D eigenvalue weighted by Crippen LogP contribution is -2.14. The van der Waals surface area contributed by atoms with Gasteiger partial charge in [-0.3, -0.25) is 9.89 Å². The van der Waals surface area contributed by atoms with Crippen LogP contribution in [0.15, 0.2) is 4.79 Å². The van der Waals surface area contributed by atoms with Crippen LogP contribution in [-0.4, -0.2) is 10.2 Å². The molecule has 1 aromatic rings. The molecule has 0 unspecified atom stereocenters. The Morgan fingerprint density at radius 1 is 1.27 bits per heavy atom. The Morgan fingerprint density at radius 3 is 2.64 bits per heavy atom. The van der Waals surface area contributed by atoms with Gasteiger partial charge >= 0.3 is 0 Å². The summed E-state index contributed by atoms with van der Waals surface area (Å²) in [6.45, 7) is 4.36. The van der Waals surface area contributed by atoms with Crippen molar-refractivity contribution in [3.63, 3.8) is 0 Å². The van der Waals surface area contributed by atoms with E-state index in [1.807, 2.05) is 0 Å². The van der Waals surface area contributed by atoms with Crippen LogP contribution in [0.1, 0.15) is 25.1 Å². The second-order valence-electron chi connectivity index (χ2n) is 4.05. The van der Waals surface area contributed by atoms with Crippen molar-refractivity contribution < 1.29 is 0 Å². The van der Waals surface area contributed by atoms with Crippen LogP contribution in [0.4, 0.5) is 0 Å². The zero-order valence-corrected chi connectivity index (χ0v) is 6.82. The summed E-state index contributed by atoms with van der Waals surface area (Å²) in [6, 6.07) is 0. The molecule has 0 fully saturated rings. The number of rotatable bonds is 0. The summed E-state index contributed by atoms with van der Waals surface area (Å²) in [6.07, 6.45) is 1.89. The minimum Gasteiger partial charge on any atom is -0.302 e. The smallest absolute Gasteiger partial charge is 0.267 e. The van der Waals surface area contributed by atoms with Crippen LogP contribution in [0.3, 0.4) is 0 Å². The van der Waals surface area contributed by atoms with Crippen LogP contribution in [-0.2, 0) is 12.8 Å². The Balaban J connectivity index is 2.50. The molecule has 1 heterocycles. The fraction of sp³-hybridized carbons (Fsp3) is 0.625. The number of aromatic amines is 2. The molecule has 0 radical (unpaired) electrons. The van der Waals surface area contributed by atoms with Crippen molar-refractivity contribution in [1.29, 1.82) is 0 Å². The molecular weight excluding hydrogens is 140 g/mol. The highest BCUT2D eigenvalue weighted by atomic mass is 16.1. The zero-order valence-electron chi connectivity index (χ0n) is 6.82. The molecule has 11 heavy (non-hydrogen) atoms. The second-order valence-corrected chi connectivity index (χ2v) is 4.05. The van der Waals surface area contributed by atoms with E-state index < -0.39 is 0 Å². The maximum absolute atomic E-state index is 11.1. The number of hydrogen-bond donors (Lipinski definition) is 2. The van der Waals surface area contributed by atoms with Crippen molar-refractivity contribution in [2.75, 3.05) is 0 Å². The minimum atomic E-state index is 0.0607. The van der Waals surface area contributed by atoms with Gasteiger partial charge in [-0.25, -0.2) is 0 Å². The quantitative estimate of drug-likeness (QED) is 0.568. The largest absolute Gasteiger partial charge is 0.302 e. The maximum atomic E-state index is 11.1. The van der Waals surface area contributed by atoms with Gasteiger partial charge in [-0.15, -0.1) is 0 Å². The number of nitrogens with one attached hydrogen (secondary N) is 2. The second kappa shape index (κ2) is 1.78. The summed E-state index contributed by atoms with van der Waals surface area (Å²) in [5.74, 6) is 0. The third-order valence-electron chi connectivity index (χ3n) is 2.28. The molecule has 0 saturated heterocycles. The molecule has 3 heteroatoms. The molecule has 0 amide bonds. The van der Waals surface area contributed by atoms with Crippen LogP contribution in [0, 0.1) is 5.41 Å². The Hall–Kier alpha value is -0.990. The van der Waals surface area contributed by atoms with E-state index in [-0.39, 0.29) is 11.0 Å². The highest BCUT2D eigenvalue weighted by Gasteiger charge is 2.31. The molecule has 2 N–H and O–H groups in total. The Labute approximate surface area is 64.8 Å². The van der Waals surface area contributed by atoms with E-state index in [4.69, 9.17) is 0 Å². The predicted octanol–water partition coefficient (Wildman–Crippen LogP) is 0.828. The SMILES string of the molecule is CC1(C)Cc2[nH][nH]c(=O)c2C1. The van der Waals surface area contributed by atoms with Gasteiger partial charge < -0.3 is 5.10 Å². The third kappa shape index (κ3) is 0.914. The van der Waals surface area contributed by atoms with Crippen LogP contribution in [0.25, 0.3) is 0 Å². The zero-order chi connectivity index (χ0) is 8.06. The molecule has 2 rings (SSSR count). The van der Waals surface area contributed by atoms with Gasteiger partial charge in [0.1, 0.15) is 0 Å². The van der Waals surface area contributed by atoms with Crippen molar-refractivity contribution in [3.8, 4) is 0 Å². The molecule has 1 aromatic heterocycles. The monoisotopic (exact) mass is 152 g/mol. The van der Waals surface area contributed by atoms with E-state index in [1.54, 1.807) is 0 Å².